The minimum absolute atomic E-state index is 0.554. The third-order valence-corrected chi connectivity index (χ3v) is 2.50. The van der Waals surface area contributed by atoms with Crippen LogP contribution in [0.2, 0.25) is 0 Å². The molecule has 17 heavy (non-hydrogen) atoms. The summed E-state index contributed by atoms with van der Waals surface area (Å²) in [6.07, 6.45) is 1.18. The zero-order valence-corrected chi connectivity index (χ0v) is 11.5. The molecule has 0 fully saturated rings. The van der Waals surface area contributed by atoms with E-state index in [1.807, 2.05) is 18.2 Å². The predicted molar refractivity (Wildman–Crippen MR) is 74.7 cm³/mol. The van der Waals surface area contributed by atoms with Gasteiger partial charge in [0.25, 0.3) is 0 Å². The molecule has 2 heteroatoms. The van der Waals surface area contributed by atoms with E-state index in [4.69, 9.17) is 4.74 Å². The van der Waals surface area contributed by atoms with Gasteiger partial charge in [-0.3, -0.25) is 0 Å². The minimum Gasteiger partial charge on any atom is -0.491 e. The SMILES string of the molecule is CC(C)CCNc1ccccc1OCC(C)C. The molecule has 0 aromatic heterocycles. The Kier molecular flexibility index (Phi) is 5.88. The fourth-order valence-electron chi connectivity index (χ4n) is 1.49. The summed E-state index contributed by atoms with van der Waals surface area (Å²) in [7, 11) is 0. The zero-order chi connectivity index (χ0) is 12.7. The van der Waals surface area contributed by atoms with Crippen LogP contribution in [0.3, 0.4) is 0 Å². The Bertz CT molecular complexity index is 320. The molecule has 1 rings (SSSR count). The number of anilines is 1. The van der Waals surface area contributed by atoms with Crippen LogP contribution >= 0.6 is 0 Å². The maximum atomic E-state index is 5.79. The summed E-state index contributed by atoms with van der Waals surface area (Å²) in [4.78, 5) is 0. The maximum Gasteiger partial charge on any atom is 0.142 e. The molecule has 1 N–H and O–H groups in total. The third-order valence-electron chi connectivity index (χ3n) is 2.50. The van der Waals surface area contributed by atoms with Crippen LogP contribution in [0.25, 0.3) is 0 Å². The van der Waals surface area contributed by atoms with Crippen LogP contribution in [0.4, 0.5) is 5.69 Å². The first kappa shape index (κ1) is 13.9. The lowest BCUT2D eigenvalue weighted by atomic mass is 10.1. The third kappa shape index (κ3) is 5.62. The second kappa shape index (κ2) is 7.21. The average molecular weight is 235 g/mol. The summed E-state index contributed by atoms with van der Waals surface area (Å²) in [5.74, 6) is 2.25. The van der Waals surface area contributed by atoms with Crippen molar-refractivity contribution >= 4 is 5.69 Å². The molecule has 0 spiro atoms. The first-order valence-corrected chi connectivity index (χ1v) is 6.55. The quantitative estimate of drug-likeness (QED) is 0.765. The molecule has 0 aliphatic heterocycles. The summed E-state index contributed by atoms with van der Waals surface area (Å²) < 4.78 is 5.79. The van der Waals surface area contributed by atoms with Crippen molar-refractivity contribution in [2.45, 2.75) is 34.1 Å². The Morgan fingerprint density at radius 1 is 1.06 bits per heavy atom. The minimum atomic E-state index is 0.554. The highest BCUT2D eigenvalue weighted by Gasteiger charge is 2.03. The highest BCUT2D eigenvalue weighted by atomic mass is 16.5. The highest BCUT2D eigenvalue weighted by molar-refractivity contribution is 5.56. The van der Waals surface area contributed by atoms with Crippen LogP contribution in [0.5, 0.6) is 5.75 Å². The number of nitrogens with one attached hydrogen (secondary N) is 1. The average Bonchev–Trinajstić information content (AvgIpc) is 2.27. The summed E-state index contributed by atoms with van der Waals surface area (Å²) in [5, 5.41) is 3.44. The van der Waals surface area contributed by atoms with Crippen LogP contribution in [-0.4, -0.2) is 13.2 Å². The van der Waals surface area contributed by atoms with E-state index in [1.165, 1.54) is 6.42 Å². The van der Waals surface area contributed by atoms with E-state index in [0.717, 1.165) is 30.5 Å². The van der Waals surface area contributed by atoms with Gasteiger partial charge in [-0.25, -0.2) is 0 Å². The van der Waals surface area contributed by atoms with Crippen molar-refractivity contribution in [3.05, 3.63) is 24.3 Å². The van der Waals surface area contributed by atoms with Crippen molar-refractivity contribution in [3.8, 4) is 5.75 Å². The first-order valence-electron chi connectivity index (χ1n) is 6.55. The molecule has 96 valence electrons. The lowest BCUT2D eigenvalue weighted by Gasteiger charge is -2.15. The van der Waals surface area contributed by atoms with Gasteiger partial charge in [0.15, 0.2) is 0 Å². The molecule has 0 aliphatic carbocycles. The Labute approximate surface area is 105 Å². The monoisotopic (exact) mass is 235 g/mol. The molecule has 0 heterocycles. The number of para-hydroxylation sites is 2. The fourth-order valence-corrected chi connectivity index (χ4v) is 1.49. The Hall–Kier alpha value is -1.18. The van der Waals surface area contributed by atoms with Crippen LogP contribution in [0.1, 0.15) is 34.1 Å². The number of rotatable bonds is 7. The van der Waals surface area contributed by atoms with E-state index in [1.54, 1.807) is 0 Å². The van der Waals surface area contributed by atoms with E-state index in [-0.39, 0.29) is 0 Å². The van der Waals surface area contributed by atoms with E-state index >= 15 is 0 Å². The second-order valence-corrected chi connectivity index (χ2v) is 5.31. The molecule has 0 unspecified atom stereocenters. The lowest BCUT2D eigenvalue weighted by Crippen LogP contribution is -2.09. The molecule has 0 aliphatic rings. The fraction of sp³-hybridized carbons (Fsp3) is 0.600. The van der Waals surface area contributed by atoms with Gasteiger partial charge < -0.3 is 10.1 Å². The molecule has 0 bridgehead atoms. The summed E-state index contributed by atoms with van der Waals surface area (Å²) >= 11 is 0. The van der Waals surface area contributed by atoms with Gasteiger partial charge in [-0.2, -0.15) is 0 Å². The molecule has 0 saturated carbocycles. The molecule has 2 nitrogen and oxygen atoms in total. The van der Waals surface area contributed by atoms with Crippen molar-refractivity contribution in [2.24, 2.45) is 11.8 Å². The number of hydrogen-bond acceptors (Lipinski definition) is 2. The molecule has 1 aromatic rings. The number of benzene rings is 1. The van der Waals surface area contributed by atoms with Crippen LogP contribution in [0.15, 0.2) is 24.3 Å². The summed E-state index contributed by atoms with van der Waals surface area (Å²) in [6.45, 7) is 10.6. The van der Waals surface area contributed by atoms with Crippen molar-refractivity contribution in [1.82, 2.24) is 0 Å². The van der Waals surface area contributed by atoms with E-state index in [0.29, 0.717) is 5.92 Å². The smallest absolute Gasteiger partial charge is 0.142 e. The standard InChI is InChI=1S/C15H25NO/c1-12(2)9-10-16-14-7-5-6-8-15(14)17-11-13(3)4/h5-8,12-13,16H,9-11H2,1-4H3. The Morgan fingerprint density at radius 3 is 2.41 bits per heavy atom. The Balaban J connectivity index is 2.51. The largest absolute Gasteiger partial charge is 0.491 e. The predicted octanol–water partition coefficient (Wildman–Crippen LogP) is 4.18. The van der Waals surface area contributed by atoms with Gasteiger partial charge in [-0.1, -0.05) is 39.8 Å². The topological polar surface area (TPSA) is 21.3 Å². The summed E-state index contributed by atoms with van der Waals surface area (Å²) in [5.41, 5.74) is 1.11. The zero-order valence-electron chi connectivity index (χ0n) is 11.5. The molecule has 0 saturated heterocycles. The van der Waals surface area contributed by atoms with Crippen molar-refractivity contribution in [3.63, 3.8) is 0 Å². The van der Waals surface area contributed by atoms with Gasteiger partial charge in [0, 0.05) is 6.54 Å². The van der Waals surface area contributed by atoms with Gasteiger partial charge in [-0.05, 0) is 30.4 Å². The maximum absolute atomic E-state index is 5.79. The van der Waals surface area contributed by atoms with Gasteiger partial charge in [-0.15, -0.1) is 0 Å². The van der Waals surface area contributed by atoms with Gasteiger partial charge in [0.1, 0.15) is 5.75 Å². The van der Waals surface area contributed by atoms with Crippen molar-refractivity contribution < 1.29 is 4.74 Å². The van der Waals surface area contributed by atoms with Crippen LogP contribution < -0.4 is 10.1 Å². The molecule has 0 amide bonds. The molecule has 0 radical (unpaired) electrons. The normalized spacial score (nSPS) is 10.9. The number of hydrogen-bond donors (Lipinski definition) is 1. The Morgan fingerprint density at radius 2 is 1.76 bits per heavy atom. The lowest BCUT2D eigenvalue weighted by molar-refractivity contribution is 0.272. The second-order valence-electron chi connectivity index (χ2n) is 5.31. The van der Waals surface area contributed by atoms with Crippen LogP contribution in [-0.2, 0) is 0 Å². The van der Waals surface area contributed by atoms with Gasteiger partial charge >= 0.3 is 0 Å². The van der Waals surface area contributed by atoms with Crippen molar-refractivity contribution in [1.29, 1.82) is 0 Å². The van der Waals surface area contributed by atoms with E-state index in [9.17, 15) is 0 Å². The van der Waals surface area contributed by atoms with Crippen LogP contribution in [0, 0.1) is 11.8 Å². The van der Waals surface area contributed by atoms with E-state index in [2.05, 4.69) is 39.1 Å². The molecular formula is C15H25NO. The molecular weight excluding hydrogens is 210 g/mol. The molecule has 1 aromatic carbocycles. The molecule has 0 atom stereocenters. The summed E-state index contributed by atoms with van der Waals surface area (Å²) in [6, 6.07) is 8.17. The van der Waals surface area contributed by atoms with E-state index < -0.39 is 0 Å². The van der Waals surface area contributed by atoms with Crippen molar-refractivity contribution in [2.75, 3.05) is 18.5 Å². The van der Waals surface area contributed by atoms with Gasteiger partial charge in [0.2, 0.25) is 0 Å². The highest BCUT2D eigenvalue weighted by Crippen LogP contribution is 2.24. The first-order chi connectivity index (χ1) is 8.09. The van der Waals surface area contributed by atoms with Gasteiger partial charge in [0.05, 0.1) is 12.3 Å². The number of ether oxygens (including phenoxy) is 1.